The van der Waals surface area contributed by atoms with E-state index in [0.29, 0.717) is 0 Å². The van der Waals surface area contributed by atoms with Crippen LogP contribution in [-0.2, 0) is 0 Å². The fourth-order valence-corrected chi connectivity index (χ4v) is 6.06. The van der Waals surface area contributed by atoms with Crippen molar-refractivity contribution >= 4 is 71.2 Å². The van der Waals surface area contributed by atoms with Crippen molar-refractivity contribution in [1.29, 1.82) is 0 Å². The van der Waals surface area contributed by atoms with Gasteiger partial charge in [0.05, 0.1) is 5.69 Å². The van der Waals surface area contributed by atoms with Gasteiger partial charge < -0.3 is 9.88 Å². The number of aromatic amines is 1. The number of nitrogens with one attached hydrogen (secondary N) is 1. The lowest BCUT2D eigenvalue weighted by Crippen LogP contribution is -2.10. The minimum atomic E-state index is 1.15. The van der Waals surface area contributed by atoms with Gasteiger partial charge in [-0.2, -0.15) is 0 Å². The molecule has 0 fully saturated rings. The third kappa shape index (κ3) is 2.99. The number of H-pyrrole nitrogens is 1. The molecule has 1 aromatic heterocycles. The Labute approximate surface area is 214 Å². The second-order valence-electron chi connectivity index (χ2n) is 10.0. The van der Waals surface area contributed by atoms with Crippen LogP contribution in [-0.4, -0.2) is 4.98 Å². The van der Waals surface area contributed by atoms with E-state index in [-0.39, 0.29) is 0 Å². The third-order valence-electron chi connectivity index (χ3n) is 7.76. The minimum Gasteiger partial charge on any atom is -0.355 e. The average molecular weight is 473 g/mol. The van der Waals surface area contributed by atoms with E-state index in [0.717, 1.165) is 16.9 Å². The molecule has 0 unspecified atom stereocenters. The number of aromatic nitrogens is 1. The van der Waals surface area contributed by atoms with Crippen LogP contribution in [0.25, 0.3) is 54.1 Å². The number of hydrogen-bond acceptors (Lipinski definition) is 1. The van der Waals surface area contributed by atoms with Gasteiger partial charge in [0.1, 0.15) is 0 Å². The smallest absolute Gasteiger partial charge is 0.0540 e. The van der Waals surface area contributed by atoms with Crippen molar-refractivity contribution in [2.24, 2.45) is 0 Å². The number of hydrogen-bond donors (Lipinski definition) is 1. The van der Waals surface area contributed by atoms with E-state index in [4.69, 9.17) is 0 Å². The standard InChI is InChI=1S/C35H24N2/c1-22-10-17-31-29(20-22)30-21-27(15-18-32(30)36-31)37(26-8-3-2-4-9-26)33-19-14-25-12-11-23-6-5-7-24-13-16-28(33)35(25)34(23)24/h2-21,36H,1H3. The number of anilines is 3. The Morgan fingerprint density at radius 3 is 1.97 bits per heavy atom. The highest BCUT2D eigenvalue weighted by atomic mass is 15.1. The van der Waals surface area contributed by atoms with Gasteiger partial charge >= 0.3 is 0 Å². The molecule has 0 spiro atoms. The summed E-state index contributed by atoms with van der Waals surface area (Å²) in [7, 11) is 0. The lowest BCUT2D eigenvalue weighted by Gasteiger charge is -2.27. The molecule has 0 saturated heterocycles. The van der Waals surface area contributed by atoms with Gasteiger partial charge in [-0.15, -0.1) is 0 Å². The maximum Gasteiger partial charge on any atom is 0.0540 e. The van der Waals surface area contributed by atoms with Crippen molar-refractivity contribution in [2.45, 2.75) is 6.92 Å². The van der Waals surface area contributed by atoms with Crippen molar-refractivity contribution in [3.8, 4) is 0 Å². The van der Waals surface area contributed by atoms with E-state index in [1.165, 1.54) is 59.9 Å². The van der Waals surface area contributed by atoms with Crippen molar-refractivity contribution in [3.63, 3.8) is 0 Å². The Morgan fingerprint density at radius 1 is 0.486 bits per heavy atom. The van der Waals surface area contributed by atoms with E-state index in [2.05, 4.69) is 138 Å². The van der Waals surface area contributed by atoms with Gasteiger partial charge in [0.2, 0.25) is 0 Å². The van der Waals surface area contributed by atoms with Crippen LogP contribution in [0.4, 0.5) is 17.1 Å². The molecule has 0 saturated carbocycles. The van der Waals surface area contributed by atoms with Crippen LogP contribution in [0, 0.1) is 6.92 Å². The first-order valence-corrected chi connectivity index (χ1v) is 12.8. The number of nitrogens with zero attached hydrogens (tertiary/aromatic N) is 1. The van der Waals surface area contributed by atoms with Crippen molar-refractivity contribution in [3.05, 3.63) is 127 Å². The van der Waals surface area contributed by atoms with Gasteiger partial charge in [-0.1, -0.05) is 78.4 Å². The minimum absolute atomic E-state index is 1.15. The summed E-state index contributed by atoms with van der Waals surface area (Å²) in [6.07, 6.45) is 0. The van der Waals surface area contributed by atoms with Crippen LogP contribution in [0.1, 0.15) is 5.56 Å². The average Bonchev–Trinajstić information content (AvgIpc) is 3.30. The van der Waals surface area contributed by atoms with Crippen LogP contribution in [0.15, 0.2) is 121 Å². The van der Waals surface area contributed by atoms with Crippen LogP contribution in [0.2, 0.25) is 0 Å². The molecule has 0 aliphatic rings. The molecule has 2 heteroatoms. The van der Waals surface area contributed by atoms with E-state index in [1.54, 1.807) is 0 Å². The van der Waals surface area contributed by atoms with E-state index >= 15 is 0 Å². The van der Waals surface area contributed by atoms with Crippen molar-refractivity contribution in [2.75, 3.05) is 4.90 Å². The van der Waals surface area contributed by atoms with E-state index < -0.39 is 0 Å². The maximum atomic E-state index is 3.60. The summed E-state index contributed by atoms with van der Waals surface area (Å²) in [6, 6.07) is 44.3. The fourth-order valence-electron chi connectivity index (χ4n) is 6.06. The third-order valence-corrected chi connectivity index (χ3v) is 7.76. The highest BCUT2D eigenvalue weighted by Crippen LogP contribution is 2.44. The molecule has 0 radical (unpaired) electrons. The molecule has 37 heavy (non-hydrogen) atoms. The molecule has 0 atom stereocenters. The SMILES string of the molecule is Cc1ccc2[nH]c3ccc(N(c4ccccc4)c4ccc5ccc6cccc7ccc4c5c67)cc3c2c1. The molecular weight excluding hydrogens is 448 g/mol. The monoisotopic (exact) mass is 472 g/mol. The molecule has 0 aliphatic carbocycles. The summed E-state index contributed by atoms with van der Waals surface area (Å²) < 4.78 is 0. The topological polar surface area (TPSA) is 19.0 Å². The summed E-state index contributed by atoms with van der Waals surface area (Å²) >= 11 is 0. The number of aryl methyl sites for hydroxylation is 1. The van der Waals surface area contributed by atoms with Crippen LogP contribution >= 0.6 is 0 Å². The van der Waals surface area contributed by atoms with Gasteiger partial charge in [0.25, 0.3) is 0 Å². The molecule has 1 heterocycles. The summed E-state index contributed by atoms with van der Waals surface area (Å²) in [4.78, 5) is 6.00. The lowest BCUT2D eigenvalue weighted by molar-refractivity contribution is 1.30. The van der Waals surface area contributed by atoms with Gasteiger partial charge in [0, 0.05) is 38.6 Å². The maximum absolute atomic E-state index is 3.60. The Morgan fingerprint density at radius 2 is 1.16 bits per heavy atom. The predicted octanol–water partition coefficient (Wildman–Crippen LogP) is 10.00. The first-order valence-electron chi connectivity index (χ1n) is 12.8. The van der Waals surface area contributed by atoms with E-state index in [9.17, 15) is 0 Å². The highest BCUT2D eigenvalue weighted by molar-refractivity contribution is 6.25. The zero-order valence-corrected chi connectivity index (χ0v) is 20.5. The molecule has 8 rings (SSSR count). The first-order chi connectivity index (χ1) is 18.2. The molecule has 1 N–H and O–H groups in total. The largest absolute Gasteiger partial charge is 0.355 e. The number of para-hydroxylation sites is 1. The second-order valence-corrected chi connectivity index (χ2v) is 10.0. The van der Waals surface area contributed by atoms with E-state index in [1.807, 2.05) is 0 Å². The van der Waals surface area contributed by atoms with Gasteiger partial charge in [-0.25, -0.2) is 0 Å². The quantitative estimate of drug-likeness (QED) is 0.253. The van der Waals surface area contributed by atoms with Crippen molar-refractivity contribution in [1.82, 2.24) is 4.98 Å². The molecule has 0 bridgehead atoms. The molecule has 8 aromatic rings. The van der Waals surface area contributed by atoms with Gasteiger partial charge in [-0.3, -0.25) is 0 Å². The Balaban J connectivity index is 1.45. The molecule has 0 amide bonds. The van der Waals surface area contributed by atoms with Crippen LogP contribution < -0.4 is 4.90 Å². The molecular formula is C35H24N2. The summed E-state index contributed by atoms with van der Waals surface area (Å²) in [5.74, 6) is 0. The highest BCUT2D eigenvalue weighted by Gasteiger charge is 2.19. The van der Waals surface area contributed by atoms with Gasteiger partial charge in [0.15, 0.2) is 0 Å². The second kappa shape index (κ2) is 7.59. The number of benzene rings is 7. The van der Waals surface area contributed by atoms with Crippen LogP contribution in [0.3, 0.4) is 0 Å². The van der Waals surface area contributed by atoms with Crippen molar-refractivity contribution < 1.29 is 0 Å². The number of rotatable bonds is 3. The molecule has 174 valence electrons. The van der Waals surface area contributed by atoms with Crippen LogP contribution in [0.5, 0.6) is 0 Å². The van der Waals surface area contributed by atoms with Gasteiger partial charge in [-0.05, 0) is 82.4 Å². The first kappa shape index (κ1) is 20.4. The normalized spacial score (nSPS) is 11.9. The Bertz CT molecular complexity index is 2080. The molecule has 2 nitrogen and oxygen atoms in total. The summed E-state index contributed by atoms with van der Waals surface area (Å²) in [6.45, 7) is 2.16. The summed E-state index contributed by atoms with van der Waals surface area (Å²) in [5, 5.41) is 10.3. The zero-order chi connectivity index (χ0) is 24.5. The Hall–Kier alpha value is -4.82. The lowest BCUT2D eigenvalue weighted by atomic mass is 9.93. The Kier molecular flexibility index (Phi) is 4.18. The molecule has 0 aliphatic heterocycles. The predicted molar refractivity (Wildman–Crippen MR) is 159 cm³/mol. The number of fused-ring (bicyclic) bond motifs is 3. The molecule has 7 aromatic carbocycles. The zero-order valence-electron chi connectivity index (χ0n) is 20.5. The fraction of sp³-hybridized carbons (Fsp3) is 0.0286. The summed E-state index contributed by atoms with van der Waals surface area (Å²) in [5.41, 5.74) is 7.08.